The van der Waals surface area contributed by atoms with E-state index in [4.69, 9.17) is 14.8 Å². The molecule has 5 heteroatoms. The lowest BCUT2D eigenvalue weighted by molar-refractivity contribution is -0.131. The molecule has 2 N–H and O–H groups in total. The van der Waals surface area contributed by atoms with Crippen LogP contribution in [0.25, 0.3) is 6.08 Å². The molecular weight excluding hydrogens is 195 g/mol. The molecule has 1 aromatic carbocycles. The summed E-state index contributed by atoms with van der Waals surface area (Å²) in [7, 11) is -1.46. The average Bonchev–Trinajstić information content (AvgIpc) is 2.16. The van der Waals surface area contributed by atoms with E-state index < -0.39 is 7.12 Å². The molecule has 0 aliphatic heterocycles. The number of rotatable bonds is 3. The normalized spacial score (nSPS) is 10.3. The SMILES string of the molecule is CC(=O)Oc1ccc(/C=C/B(O)O)cc1. The Morgan fingerprint density at radius 2 is 1.93 bits per heavy atom. The van der Waals surface area contributed by atoms with Crippen molar-refractivity contribution in [2.75, 3.05) is 0 Å². The summed E-state index contributed by atoms with van der Waals surface area (Å²) in [6.07, 6.45) is 1.56. The zero-order valence-corrected chi connectivity index (χ0v) is 8.25. The highest BCUT2D eigenvalue weighted by atomic mass is 16.5. The Balaban J connectivity index is 2.68. The second-order valence-electron chi connectivity index (χ2n) is 2.94. The third-order valence-electron chi connectivity index (χ3n) is 1.60. The van der Waals surface area contributed by atoms with Crippen molar-refractivity contribution in [2.45, 2.75) is 6.92 Å². The molecule has 0 spiro atoms. The minimum Gasteiger partial charge on any atom is -0.427 e. The summed E-state index contributed by atoms with van der Waals surface area (Å²) < 4.78 is 4.83. The summed E-state index contributed by atoms with van der Waals surface area (Å²) in [5, 5.41) is 17.2. The number of carbonyl (C=O) groups excluding carboxylic acids is 1. The minimum absolute atomic E-state index is 0.371. The largest absolute Gasteiger partial charge is 0.480 e. The number of hydrogen-bond donors (Lipinski definition) is 2. The lowest BCUT2D eigenvalue weighted by atomic mass is 9.91. The summed E-state index contributed by atoms with van der Waals surface area (Å²) in [6.45, 7) is 1.33. The maximum Gasteiger partial charge on any atom is 0.480 e. The van der Waals surface area contributed by atoms with E-state index >= 15 is 0 Å². The van der Waals surface area contributed by atoms with Crippen molar-refractivity contribution < 1.29 is 19.6 Å². The Morgan fingerprint density at radius 3 is 2.40 bits per heavy atom. The fraction of sp³-hybridized carbons (Fsp3) is 0.100. The molecule has 0 heterocycles. The second kappa shape index (κ2) is 5.33. The monoisotopic (exact) mass is 206 g/mol. The Hall–Kier alpha value is -1.59. The first kappa shape index (κ1) is 11.5. The third-order valence-corrected chi connectivity index (χ3v) is 1.60. The molecule has 0 unspecified atom stereocenters. The zero-order chi connectivity index (χ0) is 11.3. The van der Waals surface area contributed by atoms with E-state index in [9.17, 15) is 4.79 Å². The molecule has 0 saturated heterocycles. The number of esters is 1. The standard InChI is InChI=1S/C10H11BO4/c1-8(12)15-10-4-2-9(3-5-10)6-7-11(13)14/h2-7,13-14H,1H3/b7-6+. The molecule has 1 aromatic rings. The first-order valence-corrected chi connectivity index (χ1v) is 4.41. The molecule has 4 nitrogen and oxygen atoms in total. The fourth-order valence-corrected chi connectivity index (χ4v) is 1.01. The zero-order valence-electron chi connectivity index (χ0n) is 8.25. The van der Waals surface area contributed by atoms with Gasteiger partial charge in [0.25, 0.3) is 0 Å². The first-order valence-electron chi connectivity index (χ1n) is 4.41. The molecule has 0 bridgehead atoms. The van der Waals surface area contributed by atoms with Gasteiger partial charge >= 0.3 is 13.1 Å². The van der Waals surface area contributed by atoms with Gasteiger partial charge in [-0.15, -0.1) is 0 Å². The Kier molecular flexibility index (Phi) is 4.09. The second-order valence-corrected chi connectivity index (χ2v) is 2.94. The molecule has 0 fully saturated rings. The van der Waals surface area contributed by atoms with E-state index in [1.165, 1.54) is 12.9 Å². The van der Waals surface area contributed by atoms with E-state index in [1.54, 1.807) is 30.3 Å². The van der Waals surface area contributed by atoms with Gasteiger partial charge in [-0.3, -0.25) is 4.79 Å². The van der Waals surface area contributed by atoms with Crippen molar-refractivity contribution in [1.29, 1.82) is 0 Å². The van der Waals surface area contributed by atoms with E-state index in [-0.39, 0.29) is 5.97 Å². The van der Waals surface area contributed by atoms with Crippen molar-refractivity contribution in [3.8, 4) is 5.75 Å². The summed E-state index contributed by atoms with van der Waals surface area (Å²) in [4.78, 5) is 10.6. The topological polar surface area (TPSA) is 66.8 Å². The van der Waals surface area contributed by atoms with Crippen LogP contribution in [0.2, 0.25) is 0 Å². The third kappa shape index (κ3) is 4.44. The Bertz CT molecular complexity index is 356. The van der Waals surface area contributed by atoms with Crippen LogP contribution in [0.1, 0.15) is 12.5 Å². The summed E-state index contributed by atoms with van der Waals surface area (Å²) >= 11 is 0. The number of ether oxygens (including phenoxy) is 1. The summed E-state index contributed by atoms with van der Waals surface area (Å²) in [5.74, 6) is 1.33. The van der Waals surface area contributed by atoms with Crippen molar-refractivity contribution >= 4 is 19.2 Å². The van der Waals surface area contributed by atoms with Crippen molar-refractivity contribution in [3.05, 3.63) is 35.8 Å². The highest BCUT2D eigenvalue weighted by Crippen LogP contribution is 2.13. The van der Waals surface area contributed by atoms with Crippen LogP contribution in [-0.4, -0.2) is 23.1 Å². The summed E-state index contributed by atoms with van der Waals surface area (Å²) in [5.41, 5.74) is 0.791. The predicted octanol–water partition coefficient (Wildman–Crippen LogP) is 0.637. The molecule has 0 amide bonds. The van der Waals surface area contributed by atoms with Crippen LogP contribution in [-0.2, 0) is 4.79 Å². The van der Waals surface area contributed by atoms with Crippen LogP contribution in [0.3, 0.4) is 0 Å². The minimum atomic E-state index is -1.46. The first-order chi connectivity index (χ1) is 7.08. The van der Waals surface area contributed by atoms with Gasteiger partial charge in [0.1, 0.15) is 5.75 Å². The Labute approximate surface area is 88.0 Å². The maximum atomic E-state index is 10.6. The van der Waals surface area contributed by atoms with Crippen LogP contribution >= 0.6 is 0 Å². The quantitative estimate of drug-likeness (QED) is 0.432. The van der Waals surface area contributed by atoms with Gasteiger partial charge in [0.15, 0.2) is 0 Å². The van der Waals surface area contributed by atoms with Gasteiger partial charge in [0.05, 0.1) is 0 Å². The van der Waals surface area contributed by atoms with Gasteiger partial charge in [0.2, 0.25) is 0 Å². The van der Waals surface area contributed by atoms with Crippen molar-refractivity contribution in [1.82, 2.24) is 0 Å². The molecule has 1 rings (SSSR count). The van der Waals surface area contributed by atoms with Crippen molar-refractivity contribution in [3.63, 3.8) is 0 Å². The van der Waals surface area contributed by atoms with E-state index in [2.05, 4.69) is 0 Å². The van der Waals surface area contributed by atoms with Gasteiger partial charge in [-0.25, -0.2) is 0 Å². The highest BCUT2D eigenvalue weighted by Gasteiger charge is 1.99. The molecule has 0 saturated carbocycles. The van der Waals surface area contributed by atoms with Gasteiger partial charge in [-0.1, -0.05) is 24.2 Å². The molecule has 78 valence electrons. The van der Waals surface area contributed by atoms with Crippen LogP contribution in [0, 0.1) is 0 Å². The lowest BCUT2D eigenvalue weighted by Gasteiger charge is -2.00. The molecule has 0 radical (unpaired) electrons. The Morgan fingerprint density at radius 1 is 1.33 bits per heavy atom. The lowest BCUT2D eigenvalue weighted by Crippen LogP contribution is -2.05. The van der Waals surface area contributed by atoms with E-state index in [0.717, 1.165) is 5.56 Å². The van der Waals surface area contributed by atoms with E-state index in [1.807, 2.05) is 0 Å². The van der Waals surface area contributed by atoms with Crippen LogP contribution < -0.4 is 4.74 Å². The number of carbonyl (C=O) groups is 1. The molecule has 0 aliphatic rings. The predicted molar refractivity (Wildman–Crippen MR) is 57.0 cm³/mol. The van der Waals surface area contributed by atoms with Gasteiger partial charge in [-0.2, -0.15) is 0 Å². The molecule has 0 atom stereocenters. The molecular formula is C10H11BO4. The van der Waals surface area contributed by atoms with Gasteiger partial charge in [-0.05, 0) is 17.7 Å². The van der Waals surface area contributed by atoms with Crippen molar-refractivity contribution in [2.24, 2.45) is 0 Å². The van der Waals surface area contributed by atoms with Crippen LogP contribution in [0.5, 0.6) is 5.75 Å². The highest BCUT2D eigenvalue weighted by molar-refractivity contribution is 6.48. The fourth-order valence-electron chi connectivity index (χ4n) is 1.01. The van der Waals surface area contributed by atoms with Crippen LogP contribution in [0.15, 0.2) is 30.2 Å². The molecule has 0 aliphatic carbocycles. The smallest absolute Gasteiger partial charge is 0.427 e. The maximum absolute atomic E-state index is 10.6. The van der Waals surface area contributed by atoms with Crippen LogP contribution in [0.4, 0.5) is 0 Å². The summed E-state index contributed by atoms with van der Waals surface area (Å²) in [6, 6.07) is 6.67. The van der Waals surface area contributed by atoms with E-state index in [0.29, 0.717) is 5.75 Å². The number of benzene rings is 1. The number of hydrogen-bond acceptors (Lipinski definition) is 4. The molecule has 15 heavy (non-hydrogen) atoms. The van der Waals surface area contributed by atoms with Gasteiger partial charge < -0.3 is 14.8 Å². The average molecular weight is 206 g/mol. The van der Waals surface area contributed by atoms with Gasteiger partial charge in [0, 0.05) is 6.92 Å². The molecule has 0 aromatic heterocycles.